The highest BCUT2D eigenvalue weighted by molar-refractivity contribution is 6.33. The van der Waals surface area contributed by atoms with Gasteiger partial charge in [0.05, 0.1) is 16.3 Å². The minimum absolute atomic E-state index is 0.0109. The molecule has 2 N–H and O–H groups in total. The van der Waals surface area contributed by atoms with Crippen molar-refractivity contribution in [3.63, 3.8) is 0 Å². The molecule has 3 aromatic rings. The van der Waals surface area contributed by atoms with E-state index >= 15 is 0 Å². The molecule has 0 spiro atoms. The van der Waals surface area contributed by atoms with Crippen LogP contribution >= 0.6 is 11.6 Å². The number of nitrogens with one attached hydrogen (secondary N) is 1. The molecule has 3 rings (SSSR count). The second-order valence-corrected chi connectivity index (χ2v) is 7.34. The fourth-order valence-electron chi connectivity index (χ4n) is 2.76. The first kappa shape index (κ1) is 22.1. The van der Waals surface area contributed by atoms with Gasteiger partial charge in [-0.2, -0.15) is 0 Å². The van der Waals surface area contributed by atoms with Crippen molar-refractivity contribution in [3.05, 3.63) is 87.9 Å². The van der Waals surface area contributed by atoms with E-state index in [0.717, 1.165) is 22.4 Å². The van der Waals surface area contributed by atoms with Crippen molar-refractivity contribution >= 4 is 41.1 Å². The molecule has 0 aliphatic carbocycles. The van der Waals surface area contributed by atoms with E-state index in [4.69, 9.17) is 21.4 Å². The van der Waals surface area contributed by atoms with Gasteiger partial charge in [0.2, 0.25) is 0 Å². The summed E-state index contributed by atoms with van der Waals surface area (Å²) in [5, 5.41) is 12.1. The zero-order valence-corrected chi connectivity index (χ0v) is 17.8. The first-order chi connectivity index (χ1) is 14.8. The maximum absolute atomic E-state index is 12.2. The molecule has 6 nitrogen and oxygen atoms in total. The molecular formula is C24H21ClN2O4. The van der Waals surface area contributed by atoms with Gasteiger partial charge in [-0.15, -0.1) is 0 Å². The van der Waals surface area contributed by atoms with Crippen LogP contribution in [-0.4, -0.2) is 29.8 Å². The Balaban J connectivity index is 1.61. The predicted octanol–water partition coefficient (Wildman–Crippen LogP) is 5.42. The quantitative estimate of drug-likeness (QED) is 0.484. The van der Waals surface area contributed by atoms with E-state index < -0.39 is 5.97 Å². The van der Waals surface area contributed by atoms with Crippen LogP contribution in [0.25, 0.3) is 0 Å². The number of aromatic carboxylic acids is 1. The van der Waals surface area contributed by atoms with Crippen molar-refractivity contribution < 1.29 is 19.4 Å². The molecule has 0 saturated carbocycles. The predicted molar refractivity (Wildman–Crippen MR) is 122 cm³/mol. The van der Waals surface area contributed by atoms with Crippen molar-refractivity contribution in [2.24, 2.45) is 4.99 Å². The largest absolute Gasteiger partial charge is 0.484 e. The number of hydrogen-bond acceptors (Lipinski definition) is 4. The Morgan fingerprint density at radius 2 is 1.87 bits per heavy atom. The number of carbonyl (C=O) groups excluding carboxylic acids is 1. The van der Waals surface area contributed by atoms with E-state index in [-0.39, 0.29) is 23.1 Å². The van der Waals surface area contributed by atoms with Gasteiger partial charge in [-0.1, -0.05) is 29.8 Å². The number of carboxylic acid groups (broad SMARTS) is 1. The van der Waals surface area contributed by atoms with Gasteiger partial charge in [0, 0.05) is 11.9 Å². The molecule has 0 unspecified atom stereocenters. The van der Waals surface area contributed by atoms with Gasteiger partial charge >= 0.3 is 5.97 Å². The Labute approximate surface area is 185 Å². The summed E-state index contributed by atoms with van der Waals surface area (Å²) < 4.78 is 5.58. The van der Waals surface area contributed by atoms with Crippen molar-refractivity contribution in [3.8, 4) is 5.75 Å². The van der Waals surface area contributed by atoms with Crippen LogP contribution < -0.4 is 10.1 Å². The molecule has 158 valence electrons. The van der Waals surface area contributed by atoms with Crippen LogP contribution in [0.5, 0.6) is 5.75 Å². The highest BCUT2D eigenvalue weighted by Crippen LogP contribution is 2.23. The van der Waals surface area contributed by atoms with E-state index in [1.807, 2.05) is 38.1 Å². The minimum atomic E-state index is -1.11. The first-order valence-corrected chi connectivity index (χ1v) is 9.86. The van der Waals surface area contributed by atoms with Crippen LogP contribution in [0.3, 0.4) is 0 Å². The van der Waals surface area contributed by atoms with Crippen LogP contribution in [0, 0.1) is 13.8 Å². The third-order valence-electron chi connectivity index (χ3n) is 4.56. The Hall–Kier alpha value is -3.64. The molecule has 0 aromatic heterocycles. The molecule has 7 heteroatoms. The molecule has 0 atom stereocenters. The highest BCUT2D eigenvalue weighted by Gasteiger charge is 2.09. The summed E-state index contributed by atoms with van der Waals surface area (Å²) in [6.45, 7) is 3.87. The first-order valence-electron chi connectivity index (χ1n) is 9.49. The number of carboxylic acids is 1. The molecule has 0 heterocycles. The summed E-state index contributed by atoms with van der Waals surface area (Å²) in [4.78, 5) is 27.6. The second kappa shape index (κ2) is 9.91. The van der Waals surface area contributed by atoms with Crippen LogP contribution in [0.1, 0.15) is 27.0 Å². The average molecular weight is 437 g/mol. The number of aryl methyl sites for hydroxylation is 2. The van der Waals surface area contributed by atoms with E-state index in [0.29, 0.717) is 11.4 Å². The molecule has 3 aromatic carbocycles. The number of carbonyl (C=O) groups is 2. The normalized spacial score (nSPS) is 10.8. The van der Waals surface area contributed by atoms with Gasteiger partial charge < -0.3 is 15.2 Å². The van der Waals surface area contributed by atoms with Gasteiger partial charge in [-0.25, -0.2) is 4.79 Å². The molecule has 0 saturated heterocycles. The molecule has 1 amide bonds. The molecule has 0 fully saturated rings. The van der Waals surface area contributed by atoms with E-state index in [1.54, 1.807) is 30.5 Å². The third-order valence-corrected chi connectivity index (χ3v) is 4.89. The number of anilines is 1. The van der Waals surface area contributed by atoms with Gasteiger partial charge in [0.25, 0.3) is 5.91 Å². The Morgan fingerprint density at radius 3 is 2.61 bits per heavy atom. The zero-order valence-electron chi connectivity index (χ0n) is 17.1. The topological polar surface area (TPSA) is 88.0 Å². The highest BCUT2D eigenvalue weighted by atomic mass is 35.5. The van der Waals surface area contributed by atoms with E-state index in [2.05, 4.69) is 10.3 Å². The number of nitrogens with zero attached hydrogens (tertiary/aromatic N) is 1. The minimum Gasteiger partial charge on any atom is -0.484 e. The number of benzene rings is 3. The Morgan fingerprint density at radius 1 is 1.06 bits per heavy atom. The van der Waals surface area contributed by atoms with Gasteiger partial charge in [-0.05, 0) is 73.0 Å². The molecular weight excluding hydrogens is 416 g/mol. The molecule has 0 aliphatic heterocycles. The van der Waals surface area contributed by atoms with Crippen LogP contribution in [0.15, 0.2) is 65.7 Å². The summed E-state index contributed by atoms with van der Waals surface area (Å²) in [7, 11) is 0. The maximum Gasteiger partial charge on any atom is 0.337 e. The molecule has 0 radical (unpaired) electrons. The lowest BCUT2D eigenvalue weighted by Crippen LogP contribution is -2.20. The van der Waals surface area contributed by atoms with Crippen LogP contribution in [0.2, 0.25) is 5.02 Å². The number of ether oxygens (including phenoxy) is 1. The lowest BCUT2D eigenvalue weighted by atomic mass is 10.1. The van der Waals surface area contributed by atoms with Crippen molar-refractivity contribution in [1.29, 1.82) is 0 Å². The van der Waals surface area contributed by atoms with E-state index in [9.17, 15) is 9.59 Å². The van der Waals surface area contributed by atoms with Gasteiger partial charge in [0.15, 0.2) is 6.61 Å². The number of aliphatic imine (C=N–C) groups is 1. The SMILES string of the molecule is Cc1ccc(NC(=O)COc2cccc(C=Nc3ccc(Cl)c(C(=O)O)c3)c2)cc1C. The Bertz CT molecular complexity index is 1160. The fraction of sp³-hybridized carbons (Fsp3) is 0.125. The van der Waals surface area contributed by atoms with Crippen molar-refractivity contribution in [1.82, 2.24) is 0 Å². The third kappa shape index (κ3) is 6.17. The number of hydrogen-bond donors (Lipinski definition) is 2. The summed E-state index contributed by atoms with van der Waals surface area (Å²) in [6.07, 6.45) is 1.58. The lowest BCUT2D eigenvalue weighted by Gasteiger charge is -2.09. The smallest absolute Gasteiger partial charge is 0.337 e. The zero-order chi connectivity index (χ0) is 22.4. The van der Waals surface area contributed by atoms with E-state index in [1.165, 1.54) is 12.1 Å². The van der Waals surface area contributed by atoms with Crippen molar-refractivity contribution in [2.75, 3.05) is 11.9 Å². The standard InChI is InChI=1S/C24H21ClN2O4/c1-15-6-7-19(10-16(15)2)27-23(28)14-31-20-5-3-4-17(11-20)13-26-18-8-9-22(25)21(12-18)24(29)30/h3-13H,14H2,1-2H3,(H,27,28)(H,29,30). The van der Waals surface area contributed by atoms with Crippen LogP contribution in [-0.2, 0) is 4.79 Å². The number of amides is 1. The summed E-state index contributed by atoms with van der Waals surface area (Å²) >= 11 is 5.87. The van der Waals surface area contributed by atoms with Crippen LogP contribution in [0.4, 0.5) is 11.4 Å². The van der Waals surface area contributed by atoms with Gasteiger partial charge in [0.1, 0.15) is 5.75 Å². The molecule has 31 heavy (non-hydrogen) atoms. The summed E-state index contributed by atoms with van der Waals surface area (Å²) in [6, 6.07) is 17.3. The van der Waals surface area contributed by atoms with Crippen molar-refractivity contribution in [2.45, 2.75) is 13.8 Å². The fourth-order valence-corrected chi connectivity index (χ4v) is 2.95. The second-order valence-electron chi connectivity index (χ2n) is 6.94. The Kier molecular flexibility index (Phi) is 7.05. The van der Waals surface area contributed by atoms with Gasteiger partial charge in [-0.3, -0.25) is 9.79 Å². The maximum atomic E-state index is 12.2. The number of halogens is 1. The lowest BCUT2D eigenvalue weighted by molar-refractivity contribution is -0.118. The average Bonchev–Trinajstić information content (AvgIpc) is 2.74. The summed E-state index contributed by atoms with van der Waals surface area (Å²) in [5.41, 5.74) is 4.16. The molecule has 0 bridgehead atoms. The monoisotopic (exact) mass is 436 g/mol. The summed E-state index contributed by atoms with van der Waals surface area (Å²) in [5.74, 6) is -0.859. The number of rotatable bonds is 7. The molecule has 0 aliphatic rings.